The van der Waals surface area contributed by atoms with Gasteiger partial charge in [-0.15, -0.1) is 34.5 Å². The van der Waals surface area contributed by atoms with Crippen molar-refractivity contribution < 1.29 is 22.3 Å². The molecule has 14 heteroatoms. The predicted octanol–water partition coefficient (Wildman–Crippen LogP) is 5.67. The van der Waals surface area contributed by atoms with E-state index in [-0.39, 0.29) is 46.3 Å². The molecule has 0 aliphatic heterocycles. The number of halogens is 4. The Balaban J connectivity index is 1.45. The molecule has 210 valence electrons. The van der Waals surface area contributed by atoms with Gasteiger partial charge in [-0.05, 0) is 48.9 Å². The zero-order valence-electron chi connectivity index (χ0n) is 20.9. The number of nitrogens with two attached hydrogens (primary N) is 1. The predicted molar refractivity (Wildman–Crippen MR) is 152 cm³/mol. The maximum absolute atomic E-state index is 15.5. The minimum atomic E-state index is -4.45. The lowest BCUT2D eigenvalue weighted by Crippen LogP contribution is -2.43. The Labute approximate surface area is 245 Å². The van der Waals surface area contributed by atoms with Crippen LogP contribution in [-0.4, -0.2) is 44.0 Å². The quantitative estimate of drug-likeness (QED) is 0.292. The molecule has 39 heavy (non-hydrogen) atoms. The Hall–Kier alpha value is -2.02. The molecule has 2 aliphatic rings. The molecular formula is C25H26Cl3FN4O4S2. The Morgan fingerprint density at radius 1 is 1.21 bits per heavy atom. The summed E-state index contributed by atoms with van der Waals surface area (Å²) in [5.74, 6) is 0.197. The lowest BCUT2D eigenvalue weighted by atomic mass is 9.91. The number of nitrogens with zero attached hydrogens (tertiary/aromatic N) is 2. The van der Waals surface area contributed by atoms with E-state index in [2.05, 4.69) is 10.3 Å². The van der Waals surface area contributed by atoms with E-state index >= 15 is 4.39 Å². The first-order valence-electron chi connectivity index (χ1n) is 12.0. The highest BCUT2D eigenvalue weighted by atomic mass is 35.5. The van der Waals surface area contributed by atoms with Gasteiger partial charge in [0.15, 0.2) is 5.13 Å². The zero-order chi connectivity index (χ0) is 28.1. The highest BCUT2D eigenvalue weighted by Gasteiger charge is 2.65. The number of methoxy groups -OCH3 is 2. The van der Waals surface area contributed by atoms with Gasteiger partial charge >= 0.3 is 0 Å². The summed E-state index contributed by atoms with van der Waals surface area (Å²) in [6.07, 6.45) is 2.69. The Kier molecular flexibility index (Phi) is 7.86. The van der Waals surface area contributed by atoms with E-state index in [4.69, 9.17) is 50.0 Å². The van der Waals surface area contributed by atoms with E-state index in [0.717, 1.165) is 27.8 Å². The molecule has 3 aromatic rings. The number of hydrogen-bond donors (Lipinski definition) is 2. The first kappa shape index (κ1) is 28.5. The first-order chi connectivity index (χ1) is 18.5. The smallest absolute Gasteiger partial charge is 0.269 e. The number of nitrogens with one attached hydrogen (secondary N) is 1. The second-order valence-electron chi connectivity index (χ2n) is 9.54. The molecule has 8 nitrogen and oxygen atoms in total. The highest BCUT2D eigenvalue weighted by Crippen LogP contribution is 2.65. The zero-order valence-corrected chi connectivity index (χ0v) is 24.8. The van der Waals surface area contributed by atoms with Crippen LogP contribution in [0.4, 0.5) is 15.2 Å². The molecule has 2 aromatic carbocycles. The van der Waals surface area contributed by atoms with Gasteiger partial charge in [0.2, 0.25) is 0 Å². The van der Waals surface area contributed by atoms with Gasteiger partial charge in [0.1, 0.15) is 26.5 Å². The maximum atomic E-state index is 15.5. The van der Waals surface area contributed by atoms with E-state index < -0.39 is 25.1 Å². The van der Waals surface area contributed by atoms with Crippen molar-refractivity contribution in [2.45, 2.75) is 40.7 Å². The molecule has 1 heterocycles. The SMILES string of the molecule is COc1ccc(CN(c2nccs2)S(=O)(=O)c2cc(Cl)c(N[C@@H]3C[C@H]4[C@@H](CC3N)C4(Cl)Cl)cc2F)c(OC)c1. The van der Waals surface area contributed by atoms with Crippen LogP contribution in [0.5, 0.6) is 11.5 Å². The third kappa shape index (κ3) is 5.37. The summed E-state index contributed by atoms with van der Waals surface area (Å²) in [6, 6.07) is 6.65. The van der Waals surface area contributed by atoms with Gasteiger partial charge in [-0.3, -0.25) is 0 Å². The fourth-order valence-corrected chi connectivity index (χ4v) is 8.53. The van der Waals surface area contributed by atoms with E-state index in [1.807, 2.05) is 0 Å². The summed E-state index contributed by atoms with van der Waals surface area (Å²) in [5.41, 5.74) is 7.08. The van der Waals surface area contributed by atoms with E-state index in [0.29, 0.717) is 29.9 Å². The van der Waals surface area contributed by atoms with Gasteiger partial charge in [-0.1, -0.05) is 11.6 Å². The van der Waals surface area contributed by atoms with Crippen LogP contribution in [0.15, 0.2) is 46.8 Å². The number of rotatable bonds is 9. The number of anilines is 2. The number of aromatic nitrogens is 1. The van der Waals surface area contributed by atoms with Crippen LogP contribution in [-0.2, 0) is 16.6 Å². The minimum absolute atomic E-state index is 0.0317. The van der Waals surface area contributed by atoms with Crippen LogP contribution in [0.2, 0.25) is 5.02 Å². The van der Waals surface area contributed by atoms with E-state index in [1.54, 1.807) is 23.6 Å². The number of sulfonamides is 1. The van der Waals surface area contributed by atoms with Crippen LogP contribution in [0.1, 0.15) is 18.4 Å². The van der Waals surface area contributed by atoms with Crippen molar-refractivity contribution >= 4 is 67.0 Å². The Morgan fingerprint density at radius 2 is 1.95 bits per heavy atom. The fourth-order valence-electron chi connectivity index (χ4n) is 5.06. The van der Waals surface area contributed by atoms with Crippen molar-refractivity contribution in [3.8, 4) is 11.5 Å². The Morgan fingerprint density at radius 3 is 2.62 bits per heavy atom. The van der Waals surface area contributed by atoms with Crippen molar-refractivity contribution in [2.75, 3.05) is 23.8 Å². The summed E-state index contributed by atoms with van der Waals surface area (Å²) in [5, 5.41) is 4.99. The molecule has 4 atom stereocenters. The number of hydrogen-bond acceptors (Lipinski definition) is 8. The molecule has 0 spiro atoms. The number of ether oxygens (including phenoxy) is 2. The number of alkyl halides is 2. The van der Waals surface area contributed by atoms with Gasteiger partial charge in [0.25, 0.3) is 10.0 Å². The summed E-state index contributed by atoms with van der Waals surface area (Å²) in [7, 11) is -1.47. The fraction of sp³-hybridized carbons (Fsp3) is 0.400. The van der Waals surface area contributed by atoms with Gasteiger partial charge in [0, 0.05) is 35.3 Å². The minimum Gasteiger partial charge on any atom is -0.497 e. The van der Waals surface area contributed by atoms with Crippen molar-refractivity contribution in [2.24, 2.45) is 17.6 Å². The molecule has 5 rings (SSSR count). The lowest BCUT2D eigenvalue weighted by molar-refractivity contribution is 0.387. The van der Waals surface area contributed by atoms with Crippen LogP contribution in [0.25, 0.3) is 0 Å². The van der Waals surface area contributed by atoms with Gasteiger partial charge in [0.05, 0.1) is 31.5 Å². The van der Waals surface area contributed by atoms with Crippen molar-refractivity contribution in [1.29, 1.82) is 0 Å². The second-order valence-corrected chi connectivity index (χ2v) is 14.1. The van der Waals surface area contributed by atoms with Gasteiger partial charge in [-0.2, -0.15) is 0 Å². The molecule has 0 saturated heterocycles. The van der Waals surface area contributed by atoms with Crippen molar-refractivity contribution in [1.82, 2.24) is 4.98 Å². The van der Waals surface area contributed by atoms with Crippen molar-refractivity contribution in [3.05, 3.63) is 58.3 Å². The molecule has 0 amide bonds. The molecule has 3 N–H and O–H groups in total. The maximum Gasteiger partial charge on any atom is 0.269 e. The number of thiazole rings is 1. The first-order valence-corrected chi connectivity index (χ1v) is 15.4. The van der Waals surface area contributed by atoms with Crippen LogP contribution >= 0.6 is 46.1 Å². The molecule has 0 radical (unpaired) electrons. The normalized spacial score (nSPS) is 23.6. The third-order valence-electron chi connectivity index (χ3n) is 7.29. The highest BCUT2D eigenvalue weighted by molar-refractivity contribution is 7.93. The van der Waals surface area contributed by atoms with Crippen LogP contribution < -0.4 is 24.8 Å². The largest absolute Gasteiger partial charge is 0.497 e. The van der Waals surface area contributed by atoms with E-state index in [9.17, 15) is 8.42 Å². The molecular weight excluding hydrogens is 610 g/mol. The lowest BCUT2D eigenvalue weighted by Gasteiger charge is -2.30. The molecule has 2 aliphatic carbocycles. The Bertz CT molecular complexity index is 1480. The van der Waals surface area contributed by atoms with Crippen LogP contribution in [0, 0.1) is 17.7 Å². The van der Waals surface area contributed by atoms with Gasteiger partial charge < -0.3 is 20.5 Å². The molecule has 1 aromatic heterocycles. The molecule has 1 unspecified atom stereocenters. The van der Waals surface area contributed by atoms with Crippen LogP contribution in [0.3, 0.4) is 0 Å². The number of fused-ring (bicyclic) bond motifs is 1. The average molecular weight is 636 g/mol. The monoisotopic (exact) mass is 634 g/mol. The summed E-state index contributed by atoms with van der Waals surface area (Å²) < 4.78 is 54.2. The summed E-state index contributed by atoms with van der Waals surface area (Å²) in [6.45, 7) is -0.168. The topological polar surface area (TPSA) is 107 Å². The average Bonchev–Trinajstić information content (AvgIpc) is 3.23. The third-order valence-corrected chi connectivity index (χ3v) is 11.4. The summed E-state index contributed by atoms with van der Waals surface area (Å²) in [4.78, 5) is 3.58. The molecule has 2 saturated carbocycles. The molecule has 2 fully saturated rings. The standard InChI is InChI=1S/C25H26Cl3FN4O4S2/c1-36-14-4-3-13(22(7-14)37-2)12-33(24-31-5-6-38-24)39(34,35)23-10-17(26)20(11-18(23)29)32-21-9-16-15(8-19(21)30)25(16,27)28/h3-7,10-11,15-16,19,21,32H,8-9,12,30H2,1-2H3/t15-,16+,19?,21-/m1/s1. The second kappa shape index (κ2) is 10.8. The molecule has 0 bridgehead atoms. The van der Waals surface area contributed by atoms with Gasteiger partial charge in [-0.25, -0.2) is 22.1 Å². The van der Waals surface area contributed by atoms with Crippen molar-refractivity contribution in [3.63, 3.8) is 0 Å². The summed E-state index contributed by atoms with van der Waals surface area (Å²) >= 11 is 20.3. The van der Waals surface area contributed by atoms with E-state index in [1.165, 1.54) is 20.4 Å². The number of benzene rings is 2.